The third-order valence-corrected chi connectivity index (χ3v) is 6.65. The summed E-state index contributed by atoms with van der Waals surface area (Å²) in [7, 11) is 0. The molecule has 3 aromatic carbocycles. The molecule has 32 heavy (non-hydrogen) atoms. The fraction of sp³-hybridized carbons (Fsp3) is 0.308. The van der Waals surface area contributed by atoms with Gasteiger partial charge in [-0.2, -0.15) is 0 Å². The largest absolute Gasteiger partial charge is 0.387 e. The summed E-state index contributed by atoms with van der Waals surface area (Å²) >= 11 is 0. The molecule has 1 saturated carbocycles. The van der Waals surface area contributed by atoms with E-state index in [9.17, 15) is 10.2 Å². The maximum absolute atomic E-state index is 10.8. The number of aliphatic hydroxyl groups is 2. The van der Waals surface area contributed by atoms with Crippen LogP contribution >= 0.6 is 0 Å². The Balaban J connectivity index is 1.54. The lowest BCUT2D eigenvalue weighted by Crippen LogP contribution is -2.76. The molecular formula is C26H24O6. The molecule has 3 aliphatic heterocycles. The number of rotatable bonds is 5. The second-order valence-electron chi connectivity index (χ2n) is 8.43. The Labute approximate surface area is 185 Å². The maximum atomic E-state index is 10.8. The van der Waals surface area contributed by atoms with Gasteiger partial charge >= 0.3 is 0 Å². The predicted molar refractivity (Wildman–Crippen MR) is 115 cm³/mol. The summed E-state index contributed by atoms with van der Waals surface area (Å²) in [5.41, 5.74) is 1.75. The second-order valence-corrected chi connectivity index (χ2v) is 8.43. The van der Waals surface area contributed by atoms with Gasteiger partial charge in [0.15, 0.2) is 0 Å². The van der Waals surface area contributed by atoms with Gasteiger partial charge in [0, 0.05) is 0 Å². The molecule has 0 spiro atoms. The van der Waals surface area contributed by atoms with Crippen molar-refractivity contribution >= 4 is 0 Å². The van der Waals surface area contributed by atoms with Crippen LogP contribution in [0.5, 0.6) is 0 Å². The summed E-state index contributed by atoms with van der Waals surface area (Å²) in [6, 6.07) is 29.9. The first kappa shape index (κ1) is 20.1. The molecule has 4 bridgehead atoms. The van der Waals surface area contributed by atoms with Crippen LogP contribution in [0.4, 0.5) is 0 Å². The Hall–Kier alpha value is -2.58. The minimum Gasteiger partial charge on any atom is -0.387 e. The molecule has 1 aliphatic carbocycles. The molecule has 0 aromatic heterocycles. The van der Waals surface area contributed by atoms with E-state index in [0.717, 1.165) is 16.7 Å². The van der Waals surface area contributed by atoms with Gasteiger partial charge in [0.05, 0.1) is 0 Å². The second kappa shape index (κ2) is 7.78. The molecular weight excluding hydrogens is 408 g/mol. The molecule has 6 nitrogen and oxygen atoms in total. The molecule has 2 N–H and O–H groups in total. The van der Waals surface area contributed by atoms with Crippen molar-refractivity contribution in [3.63, 3.8) is 0 Å². The number of aliphatic hydroxyl groups excluding tert-OH is 2. The number of hydrogen-bond acceptors (Lipinski definition) is 6. The summed E-state index contributed by atoms with van der Waals surface area (Å²) in [5, 5.41) is 21.7. The van der Waals surface area contributed by atoms with Crippen LogP contribution in [-0.2, 0) is 24.5 Å². The van der Waals surface area contributed by atoms with Gasteiger partial charge in [0.1, 0.15) is 42.2 Å². The van der Waals surface area contributed by atoms with Crippen molar-refractivity contribution in [2.75, 3.05) is 0 Å². The zero-order chi connectivity index (χ0) is 21.7. The predicted octanol–water partition coefficient (Wildman–Crippen LogP) is 2.57. The SMILES string of the molecule is OC1C2OC3OC1C(OC(c1ccccc1)(c1ccccc1)c1ccccc1)C(O3)C2O. The van der Waals surface area contributed by atoms with Crippen molar-refractivity contribution in [1.82, 2.24) is 0 Å². The van der Waals surface area contributed by atoms with E-state index >= 15 is 0 Å². The standard InChI is InChI=1S/C26H24O6/c27-19-21-20(28)23-24(22(19)30-25(29-21)31-23)32-26(16-10-4-1-5-11-16,17-12-6-2-7-13-17)18-14-8-3-9-15-18/h1-15,19-25,27-28H. The van der Waals surface area contributed by atoms with Gasteiger partial charge in [-0.1, -0.05) is 91.0 Å². The molecule has 0 amide bonds. The number of ether oxygens (including phenoxy) is 4. The van der Waals surface area contributed by atoms with Crippen LogP contribution < -0.4 is 0 Å². The van der Waals surface area contributed by atoms with Crippen LogP contribution in [0.15, 0.2) is 91.0 Å². The Morgan fingerprint density at radius 2 is 0.938 bits per heavy atom. The van der Waals surface area contributed by atoms with Crippen molar-refractivity contribution in [1.29, 1.82) is 0 Å². The van der Waals surface area contributed by atoms with Gasteiger partial charge in [0.25, 0.3) is 6.48 Å². The Morgan fingerprint density at radius 1 is 0.562 bits per heavy atom. The first-order chi connectivity index (χ1) is 15.7. The summed E-state index contributed by atoms with van der Waals surface area (Å²) in [4.78, 5) is 0. The van der Waals surface area contributed by atoms with Gasteiger partial charge in [-0.15, -0.1) is 0 Å². The van der Waals surface area contributed by atoms with E-state index in [1.165, 1.54) is 0 Å². The monoisotopic (exact) mass is 432 g/mol. The van der Waals surface area contributed by atoms with Gasteiger partial charge in [0.2, 0.25) is 0 Å². The summed E-state index contributed by atoms with van der Waals surface area (Å²) < 4.78 is 24.1. The van der Waals surface area contributed by atoms with Crippen molar-refractivity contribution < 1.29 is 29.2 Å². The average molecular weight is 432 g/mol. The van der Waals surface area contributed by atoms with Gasteiger partial charge in [-0.05, 0) is 16.7 Å². The summed E-state index contributed by atoms with van der Waals surface area (Å²) in [6.45, 7) is -0.902. The number of hydrogen-bond donors (Lipinski definition) is 2. The summed E-state index contributed by atoms with van der Waals surface area (Å²) in [6.07, 6.45) is -4.89. The lowest BCUT2D eigenvalue weighted by atomic mass is 9.77. The van der Waals surface area contributed by atoms with Crippen molar-refractivity contribution in [3.05, 3.63) is 108 Å². The Kier molecular flexibility index (Phi) is 4.87. The highest BCUT2D eigenvalue weighted by Gasteiger charge is 2.63. The van der Waals surface area contributed by atoms with Crippen molar-refractivity contribution in [3.8, 4) is 0 Å². The van der Waals surface area contributed by atoms with Crippen LogP contribution in [-0.4, -0.2) is 53.3 Å². The fourth-order valence-electron chi connectivity index (χ4n) is 5.17. The van der Waals surface area contributed by atoms with Gasteiger partial charge < -0.3 is 29.2 Å². The van der Waals surface area contributed by atoms with Crippen LogP contribution in [0.25, 0.3) is 0 Å². The van der Waals surface area contributed by atoms with Gasteiger partial charge in [-0.25, -0.2) is 0 Å². The van der Waals surface area contributed by atoms with E-state index in [2.05, 4.69) is 0 Å². The zero-order valence-electron chi connectivity index (χ0n) is 17.2. The highest BCUT2D eigenvalue weighted by molar-refractivity contribution is 5.47. The third kappa shape index (κ3) is 2.96. The number of benzene rings is 3. The lowest BCUT2D eigenvalue weighted by Gasteiger charge is -2.58. The fourth-order valence-corrected chi connectivity index (χ4v) is 5.17. The Bertz CT molecular complexity index is 943. The molecule has 4 fully saturated rings. The van der Waals surface area contributed by atoms with Crippen molar-refractivity contribution in [2.24, 2.45) is 0 Å². The van der Waals surface area contributed by atoms with Crippen LogP contribution in [0, 0.1) is 0 Å². The maximum Gasteiger partial charge on any atom is 0.272 e. The zero-order valence-corrected chi connectivity index (χ0v) is 17.2. The smallest absolute Gasteiger partial charge is 0.272 e. The van der Waals surface area contributed by atoms with Crippen molar-refractivity contribution in [2.45, 2.75) is 48.7 Å². The van der Waals surface area contributed by atoms with Gasteiger partial charge in [-0.3, -0.25) is 0 Å². The molecule has 4 unspecified atom stereocenters. The molecule has 3 heterocycles. The van der Waals surface area contributed by atoms with E-state index in [1.807, 2.05) is 91.0 Å². The van der Waals surface area contributed by atoms with Crippen LogP contribution in [0.1, 0.15) is 16.7 Å². The Morgan fingerprint density at radius 3 is 1.34 bits per heavy atom. The molecule has 6 heteroatoms. The molecule has 0 radical (unpaired) electrons. The normalized spacial score (nSPS) is 33.4. The van der Waals surface area contributed by atoms with E-state index in [0.29, 0.717) is 0 Å². The van der Waals surface area contributed by atoms with Crippen LogP contribution in [0.2, 0.25) is 0 Å². The molecule has 3 aromatic rings. The molecule has 4 aliphatic rings. The quantitative estimate of drug-likeness (QED) is 0.604. The molecule has 164 valence electrons. The lowest BCUT2D eigenvalue weighted by molar-refractivity contribution is -0.486. The molecule has 4 atom stereocenters. The highest BCUT2D eigenvalue weighted by Crippen LogP contribution is 2.47. The van der Waals surface area contributed by atoms with E-state index in [-0.39, 0.29) is 0 Å². The minimum absolute atomic E-state index is 0.684. The third-order valence-electron chi connectivity index (χ3n) is 6.65. The molecule has 3 saturated heterocycles. The van der Waals surface area contributed by atoms with E-state index in [4.69, 9.17) is 18.9 Å². The first-order valence-corrected chi connectivity index (χ1v) is 10.9. The molecule has 7 rings (SSSR count). The highest BCUT2D eigenvalue weighted by atomic mass is 16.9. The average Bonchev–Trinajstić information content (AvgIpc) is 2.86. The topological polar surface area (TPSA) is 77.4 Å². The van der Waals surface area contributed by atoms with E-state index in [1.54, 1.807) is 0 Å². The van der Waals surface area contributed by atoms with E-state index < -0.39 is 48.7 Å². The van der Waals surface area contributed by atoms with Crippen LogP contribution in [0.3, 0.4) is 0 Å². The summed E-state index contributed by atoms with van der Waals surface area (Å²) in [5.74, 6) is 0. The minimum atomic E-state index is -1.02. The first-order valence-electron chi connectivity index (χ1n) is 10.9.